The van der Waals surface area contributed by atoms with E-state index in [1.54, 1.807) is 25.3 Å². The molecule has 0 aliphatic rings. The van der Waals surface area contributed by atoms with Crippen LogP contribution in [0, 0.1) is 6.92 Å². The number of carbonyl (C=O) groups is 2. The molecule has 3 N–H and O–H groups in total. The van der Waals surface area contributed by atoms with Gasteiger partial charge in [0.25, 0.3) is 0 Å². The average Bonchev–Trinajstić information content (AvgIpc) is 3.08. The number of aromatic nitrogens is 3. The number of thiophene rings is 1. The maximum Gasteiger partial charge on any atom is 0.407 e. The molecule has 0 unspecified atom stereocenters. The van der Waals surface area contributed by atoms with Crippen LogP contribution < -0.4 is 15.4 Å². The highest BCUT2D eigenvalue weighted by atomic mass is 32.1. The van der Waals surface area contributed by atoms with Gasteiger partial charge in [-0.1, -0.05) is 0 Å². The molecule has 0 radical (unpaired) electrons. The summed E-state index contributed by atoms with van der Waals surface area (Å²) in [5, 5.41) is 16.0. The van der Waals surface area contributed by atoms with Crippen LogP contribution in [-0.4, -0.2) is 50.9 Å². The number of hydrogen-bond donors (Lipinski definition) is 3. The van der Waals surface area contributed by atoms with Crippen molar-refractivity contribution in [3.8, 4) is 5.88 Å². The highest BCUT2D eigenvalue weighted by molar-refractivity contribution is 7.20. The Morgan fingerprint density at radius 2 is 1.97 bits per heavy atom. The molecule has 0 aliphatic carbocycles. The molecule has 0 spiro atoms. The Morgan fingerprint density at radius 3 is 2.70 bits per heavy atom. The van der Waals surface area contributed by atoms with Gasteiger partial charge in [0.2, 0.25) is 5.88 Å². The average molecular weight is 474 g/mol. The fraction of sp³-hybridized carbons (Fsp3) is 0.409. The van der Waals surface area contributed by atoms with Gasteiger partial charge in [-0.05, 0) is 58.2 Å². The number of aryl methyl sites for hydroxylation is 1. The summed E-state index contributed by atoms with van der Waals surface area (Å²) in [6.07, 6.45) is 3.99. The molecular formula is C22H27N5O5S. The second-order valence-corrected chi connectivity index (χ2v) is 9.23. The van der Waals surface area contributed by atoms with Crippen molar-refractivity contribution in [2.75, 3.05) is 18.5 Å². The van der Waals surface area contributed by atoms with E-state index in [4.69, 9.17) is 9.47 Å². The summed E-state index contributed by atoms with van der Waals surface area (Å²) in [7, 11) is 0. The lowest BCUT2D eigenvalue weighted by atomic mass is 10.2. The molecule has 0 aliphatic heterocycles. The molecule has 0 atom stereocenters. The molecule has 33 heavy (non-hydrogen) atoms. The maximum absolute atomic E-state index is 11.7. The van der Waals surface area contributed by atoms with Crippen LogP contribution in [0.5, 0.6) is 5.88 Å². The second kappa shape index (κ2) is 10.4. The van der Waals surface area contributed by atoms with E-state index >= 15 is 0 Å². The van der Waals surface area contributed by atoms with Gasteiger partial charge in [-0.15, -0.1) is 11.3 Å². The van der Waals surface area contributed by atoms with Crippen LogP contribution in [0.4, 0.5) is 16.3 Å². The van der Waals surface area contributed by atoms with Crippen molar-refractivity contribution in [3.05, 3.63) is 35.1 Å². The highest BCUT2D eigenvalue weighted by Crippen LogP contribution is 2.35. The number of hydrogen-bond acceptors (Lipinski definition) is 9. The van der Waals surface area contributed by atoms with E-state index in [1.807, 2.05) is 20.8 Å². The van der Waals surface area contributed by atoms with Crippen molar-refractivity contribution in [2.45, 2.75) is 46.1 Å². The smallest absolute Gasteiger partial charge is 0.407 e. The topological polar surface area (TPSA) is 136 Å². The van der Waals surface area contributed by atoms with Crippen LogP contribution >= 0.6 is 11.3 Å². The van der Waals surface area contributed by atoms with Gasteiger partial charge in [0.1, 0.15) is 33.1 Å². The van der Waals surface area contributed by atoms with Gasteiger partial charge in [0.15, 0.2) is 0 Å². The molecule has 3 rings (SSSR count). The standard InChI is InChI=1S/C22H27N5O5S/c1-13-15-17(25-12-26-19(15)33-16(13)20(28)29)27-14-8-7-10-23-18(14)31-11-6-5-9-24-21(30)32-22(2,3)4/h7-8,10,12H,5-6,9,11H2,1-4H3,(H,24,30)(H,28,29)(H,25,26,27). The van der Waals surface area contributed by atoms with Gasteiger partial charge in [-0.3, -0.25) is 0 Å². The van der Waals surface area contributed by atoms with Gasteiger partial charge in [0, 0.05) is 12.7 Å². The third kappa shape index (κ3) is 6.51. The fourth-order valence-electron chi connectivity index (χ4n) is 3.00. The first-order valence-corrected chi connectivity index (χ1v) is 11.3. The lowest BCUT2D eigenvalue weighted by molar-refractivity contribution is 0.0525. The summed E-state index contributed by atoms with van der Waals surface area (Å²) in [6.45, 7) is 8.07. The van der Waals surface area contributed by atoms with Crippen molar-refractivity contribution in [3.63, 3.8) is 0 Å². The van der Waals surface area contributed by atoms with Gasteiger partial charge in [-0.2, -0.15) is 0 Å². The van der Waals surface area contributed by atoms with Gasteiger partial charge in [0.05, 0.1) is 12.0 Å². The predicted octanol–water partition coefficient (Wildman–Crippen LogP) is 4.52. The summed E-state index contributed by atoms with van der Waals surface area (Å²) in [5.74, 6) is -0.107. The van der Waals surface area contributed by atoms with Crippen LogP contribution in [0.2, 0.25) is 0 Å². The number of pyridine rings is 1. The summed E-state index contributed by atoms with van der Waals surface area (Å²) < 4.78 is 11.0. The van der Waals surface area contributed by atoms with Crippen molar-refractivity contribution < 1.29 is 24.2 Å². The predicted molar refractivity (Wildman–Crippen MR) is 126 cm³/mol. The molecule has 0 aromatic carbocycles. The van der Waals surface area contributed by atoms with Crippen LogP contribution in [0.1, 0.15) is 48.8 Å². The third-order valence-corrected chi connectivity index (χ3v) is 5.61. The number of anilines is 2. The number of amides is 1. The molecule has 11 heteroatoms. The van der Waals surface area contributed by atoms with E-state index in [9.17, 15) is 14.7 Å². The van der Waals surface area contributed by atoms with E-state index in [0.717, 1.165) is 11.3 Å². The lowest BCUT2D eigenvalue weighted by Gasteiger charge is -2.19. The van der Waals surface area contributed by atoms with E-state index in [1.165, 1.54) is 6.33 Å². The molecule has 0 fully saturated rings. The van der Waals surface area contributed by atoms with Gasteiger partial charge < -0.3 is 25.2 Å². The number of carboxylic acid groups (broad SMARTS) is 1. The third-order valence-electron chi connectivity index (χ3n) is 4.42. The molecule has 3 aromatic heterocycles. The van der Waals surface area contributed by atoms with Crippen LogP contribution in [-0.2, 0) is 4.74 Å². The fourth-order valence-corrected chi connectivity index (χ4v) is 3.99. The quantitative estimate of drug-likeness (QED) is 0.383. The Balaban J connectivity index is 1.59. The van der Waals surface area contributed by atoms with Crippen molar-refractivity contribution in [1.82, 2.24) is 20.3 Å². The zero-order valence-corrected chi connectivity index (χ0v) is 19.8. The maximum atomic E-state index is 11.7. The molecule has 1 amide bonds. The zero-order valence-electron chi connectivity index (χ0n) is 19.0. The number of aromatic carboxylic acids is 1. The zero-order chi connectivity index (χ0) is 24.0. The van der Waals surface area contributed by atoms with Gasteiger partial charge >= 0.3 is 12.1 Å². The molecule has 0 bridgehead atoms. The number of nitrogens with zero attached hydrogens (tertiary/aromatic N) is 3. The number of fused-ring (bicyclic) bond motifs is 1. The lowest BCUT2D eigenvalue weighted by Crippen LogP contribution is -2.33. The minimum absolute atomic E-state index is 0.233. The summed E-state index contributed by atoms with van der Waals surface area (Å²) in [6, 6.07) is 3.57. The molecule has 176 valence electrons. The number of alkyl carbamates (subject to hydrolysis) is 1. The Morgan fingerprint density at radius 1 is 1.18 bits per heavy atom. The molecule has 3 heterocycles. The first kappa shape index (κ1) is 24.2. The number of nitrogens with one attached hydrogen (secondary N) is 2. The molecule has 3 aromatic rings. The largest absolute Gasteiger partial charge is 0.477 e. The number of rotatable bonds is 9. The summed E-state index contributed by atoms with van der Waals surface area (Å²) in [4.78, 5) is 36.8. The normalized spacial score (nSPS) is 11.3. The number of carbonyl (C=O) groups excluding carboxylic acids is 1. The van der Waals surface area contributed by atoms with Crippen molar-refractivity contribution in [2.24, 2.45) is 0 Å². The first-order chi connectivity index (χ1) is 15.7. The van der Waals surface area contributed by atoms with E-state index < -0.39 is 17.7 Å². The SMILES string of the molecule is Cc1c(C(=O)O)sc2ncnc(Nc3cccnc3OCCCCNC(=O)OC(C)(C)C)c12. The molecule has 0 saturated heterocycles. The number of unbranched alkanes of at least 4 members (excludes halogenated alkanes) is 1. The van der Waals surface area contributed by atoms with E-state index in [2.05, 4.69) is 25.6 Å². The molecular weight excluding hydrogens is 446 g/mol. The van der Waals surface area contributed by atoms with Crippen LogP contribution in [0.3, 0.4) is 0 Å². The second-order valence-electron chi connectivity index (χ2n) is 8.23. The number of ether oxygens (including phenoxy) is 2. The van der Waals surface area contributed by atoms with Gasteiger partial charge in [-0.25, -0.2) is 24.5 Å². The summed E-state index contributed by atoms with van der Waals surface area (Å²) >= 11 is 1.11. The summed E-state index contributed by atoms with van der Waals surface area (Å²) in [5.41, 5.74) is 0.683. The Hall–Kier alpha value is -3.47. The molecule has 10 nitrogen and oxygen atoms in total. The highest BCUT2D eigenvalue weighted by Gasteiger charge is 2.19. The minimum Gasteiger partial charge on any atom is -0.477 e. The minimum atomic E-state index is -0.993. The molecule has 0 saturated carbocycles. The van der Waals surface area contributed by atoms with E-state index in [-0.39, 0.29) is 4.88 Å². The van der Waals surface area contributed by atoms with Crippen molar-refractivity contribution in [1.29, 1.82) is 0 Å². The van der Waals surface area contributed by atoms with Crippen LogP contribution in [0.15, 0.2) is 24.7 Å². The van der Waals surface area contributed by atoms with Crippen LogP contribution in [0.25, 0.3) is 10.2 Å². The number of carboxylic acids is 1. The Bertz CT molecular complexity index is 1140. The Labute approximate surface area is 195 Å². The van der Waals surface area contributed by atoms with E-state index in [0.29, 0.717) is 59.2 Å². The Kier molecular flexibility index (Phi) is 7.64. The monoisotopic (exact) mass is 473 g/mol. The first-order valence-electron chi connectivity index (χ1n) is 10.4. The van der Waals surface area contributed by atoms with Crippen molar-refractivity contribution >= 4 is 45.1 Å².